The van der Waals surface area contributed by atoms with E-state index in [9.17, 15) is 0 Å². The van der Waals surface area contributed by atoms with Crippen LogP contribution in [-0.2, 0) is 0 Å². The van der Waals surface area contributed by atoms with Gasteiger partial charge in [-0.3, -0.25) is 0 Å². The number of aromatic nitrogens is 3. The van der Waals surface area contributed by atoms with Crippen molar-refractivity contribution in [3.05, 3.63) is 30.3 Å². The summed E-state index contributed by atoms with van der Waals surface area (Å²) >= 11 is 0. The van der Waals surface area contributed by atoms with Crippen molar-refractivity contribution >= 4 is 35.0 Å². The molecule has 0 aliphatic carbocycles. The summed E-state index contributed by atoms with van der Waals surface area (Å²) < 4.78 is 17.6. The van der Waals surface area contributed by atoms with Gasteiger partial charge in [-0.25, -0.2) is 0 Å². The van der Waals surface area contributed by atoms with E-state index in [-0.39, 0.29) is 16.0 Å². The predicted molar refractivity (Wildman–Crippen MR) is 70.6 cm³/mol. The van der Waals surface area contributed by atoms with Gasteiger partial charge in [-0.15, -0.1) is 0 Å². The Kier molecular flexibility index (Phi) is 7.78. The fourth-order valence-corrected chi connectivity index (χ4v) is 3.44. The molecule has 0 spiro atoms. The van der Waals surface area contributed by atoms with Gasteiger partial charge in [0.05, 0.1) is 0 Å². The molecule has 1 heterocycles. The molecule has 2 rings (SSSR count). The fourth-order valence-electron chi connectivity index (χ4n) is 0.752. The van der Waals surface area contributed by atoms with Gasteiger partial charge in [0.25, 0.3) is 0 Å². The maximum absolute atomic E-state index is 5.51. The van der Waals surface area contributed by atoms with Gasteiger partial charge in [-0.2, -0.15) is 9.90 Å². The Labute approximate surface area is 95.7 Å². The average molecular weight is 279 g/mol. The van der Waals surface area contributed by atoms with Gasteiger partial charge in [0, 0.05) is 9.02 Å². The van der Waals surface area contributed by atoms with Gasteiger partial charge in [0.1, 0.15) is 0 Å². The van der Waals surface area contributed by atoms with E-state index in [1.165, 1.54) is 0 Å². The minimum absolute atomic E-state index is 0. The quantitative estimate of drug-likeness (QED) is 0.852. The van der Waals surface area contributed by atoms with E-state index < -0.39 is 8.08 Å². The predicted octanol–water partition coefficient (Wildman–Crippen LogP) is 3.36. The summed E-state index contributed by atoms with van der Waals surface area (Å²) in [4.78, 5) is 0. The summed E-state index contributed by atoms with van der Waals surface area (Å²) in [5.74, 6) is 0.813. The number of hydrogen-bond acceptors (Lipinski definition) is 5. The molecule has 9 heteroatoms. The van der Waals surface area contributed by atoms with Crippen molar-refractivity contribution in [2.75, 3.05) is 0 Å². The Hall–Kier alpha value is -0.290. The molecular weight excluding hydrogens is 268 g/mol. The van der Waals surface area contributed by atoms with Crippen LogP contribution in [0.1, 0.15) is 0 Å². The van der Waals surface area contributed by atoms with Crippen molar-refractivity contribution in [2.45, 2.75) is 0 Å². The lowest BCUT2D eigenvalue weighted by atomic mass is 10.3. The Morgan fingerprint density at radius 3 is 2.27 bits per heavy atom. The van der Waals surface area contributed by atoms with Gasteiger partial charge in [-0.05, 0) is 16.6 Å². The number of benzene rings is 1. The number of para-hydroxylation sites is 1. The van der Waals surface area contributed by atoms with E-state index in [0.29, 0.717) is 0 Å². The molecule has 80 valence electrons. The first kappa shape index (κ1) is 14.7. The van der Waals surface area contributed by atoms with Crippen LogP contribution >= 0.6 is 35.0 Å². The second-order valence-electron chi connectivity index (χ2n) is 2.10. The smallest absolute Gasteiger partial charge is 0.358 e. The summed E-state index contributed by atoms with van der Waals surface area (Å²) in [7, 11) is 0.435. The largest absolute Gasteiger partial charge is 0.414 e. The van der Waals surface area contributed by atoms with Crippen molar-refractivity contribution in [2.24, 2.45) is 0 Å². The SMILES string of the molecule is N.P.c1ccc(O[p+]2npnpn2)cc1. The Morgan fingerprint density at radius 1 is 1.07 bits per heavy atom. The summed E-state index contributed by atoms with van der Waals surface area (Å²) in [6.45, 7) is 0. The molecule has 1 aromatic carbocycles. The molecule has 0 aliphatic rings. The second-order valence-corrected chi connectivity index (χ2v) is 5.30. The van der Waals surface area contributed by atoms with Crippen LogP contribution in [0.2, 0.25) is 0 Å². The van der Waals surface area contributed by atoms with E-state index in [1.54, 1.807) is 0 Å². The second kappa shape index (κ2) is 7.93. The minimum Gasteiger partial charge on any atom is -0.358 e. The molecule has 0 amide bonds. The van der Waals surface area contributed by atoms with Crippen LogP contribution in [0.3, 0.4) is 0 Å². The maximum atomic E-state index is 5.51. The first-order chi connectivity index (χ1) is 6.45. The third kappa shape index (κ3) is 4.84. The summed E-state index contributed by atoms with van der Waals surface area (Å²) in [5.41, 5.74) is 0. The molecule has 1 aromatic heterocycles. The molecule has 5 nitrogen and oxygen atoms in total. The monoisotopic (exact) mass is 279 g/mol. The van der Waals surface area contributed by atoms with Crippen LogP contribution in [0.5, 0.6) is 5.75 Å². The van der Waals surface area contributed by atoms with Crippen LogP contribution in [0.4, 0.5) is 0 Å². The molecule has 1 unspecified atom stereocenters. The molecule has 0 aliphatic heterocycles. The number of hydrogen-bond donors (Lipinski definition) is 1. The zero-order chi connectivity index (χ0) is 8.93. The topological polar surface area (TPSA) is 82.9 Å². The Morgan fingerprint density at radius 2 is 1.67 bits per heavy atom. The molecule has 0 bridgehead atoms. The maximum Gasteiger partial charge on any atom is 0.414 e. The van der Waals surface area contributed by atoms with Gasteiger partial charge in [-0.1, -0.05) is 18.2 Å². The van der Waals surface area contributed by atoms with Crippen molar-refractivity contribution < 1.29 is 4.52 Å². The number of rotatable bonds is 2. The van der Waals surface area contributed by atoms with Crippen LogP contribution in [0.15, 0.2) is 30.3 Å². The molecule has 0 radical (unpaired) electrons. The highest BCUT2D eigenvalue weighted by Crippen LogP contribution is 2.26. The molecule has 15 heavy (non-hydrogen) atoms. The molecular formula is C6H11N4OP4+. The molecule has 0 saturated heterocycles. The molecule has 1 atom stereocenters. The molecule has 3 N–H and O–H groups in total. The van der Waals surface area contributed by atoms with Crippen molar-refractivity contribution in [3.63, 3.8) is 0 Å². The summed E-state index contributed by atoms with van der Waals surface area (Å²) in [5, 5.41) is 0. The average Bonchev–Trinajstić information content (AvgIpc) is 2.21. The lowest BCUT2D eigenvalue weighted by Gasteiger charge is -1.94. The van der Waals surface area contributed by atoms with Crippen molar-refractivity contribution in [1.82, 2.24) is 19.7 Å². The highest BCUT2D eigenvalue weighted by atomic mass is 31.2. The van der Waals surface area contributed by atoms with E-state index in [0.717, 1.165) is 22.8 Å². The van der Waals surface area contributed by atoms with Gasteiger partial charge < -0.3 is 10.7 Å². The van der Waals surface area contributed by atoms with Crippen LogP contribution in [-0.4, -0.2) is 13.5 Å². The van der Waals surface area contributed by atoms with Crippen LogP contribution in [0, 0.1) is 0 Å². The van der Waals surface area contributed by atoms with E-state index in [4.69, 9.17) is 4.52 Å². The first-order valence-corrected chi connectivity index (χ1v) is 6.26. The van der Waals surface area contributed by atoms with Crippen molar-refractivity contribution in [3.8, 4) is 5.75 Å². The summed E-state index contributed by atoms with van der Waals surface area (Å²) in [6.07, 6.45) is 0. The van der Waals surface area contributed by atoms with E-state index in [2.05, 4.69) is 13.5 Å². The van der Waals surface area contributed by atoms with Crippen LogP contribution < -0.4 is 10.7 Å². The van der Waals surface area contributed by atoms with Crippen molar-refractivity contribution in [1.29, 1.82) is 0 Å². The van der Waals surface area contributed by atoms with Gasteiger partial charge in [0.15, 0.2) is 5.75 Å². The molecule has 0 fully saturated rings. The Balaban J connectivity index is 0.000000980. The Bertz CT molecular complexity index is 338. The zero-order valence-corrected chi connectivity index (χ0v) is 12.0. The fraction of sp³-hybridized carbons (Fsp3) is 0. The van der Waals surface area contributed by atoms with Gasteiger partial charge in [0.2, 0.25) is 0 Å². The molecule has 0 saturated carbocycles. The van der Waals surface area contributed by atoms with Gasteiger partial charge >= 0.3 is 25.1 Å². The van der Waals surface area contributed by atoms with Crippen LogP contribution in [0.25, 0.3) is 0 Å². The normalized spacial score (nSPS) is 10.5. The standard InChI is InChI=1S/C6H5N3OP3.H3N.H3P/c1-2-4-6(5-3-1)10-13-8-11-7-12-9-13;;/h1-5H;2*1H3/q+1;;. The van der Waals surface area contributed by atoms with E-state index in [1.807, 2.05) is 30.3 Å². The molecule has 2 aromatic rings. The number of nitrogens with zero attached hydrogens (tertiary/aromatic N) is 3. The third-order valence-electron chi connectivity index (χ3n) is 1.24. The highest BCUT2D eigenvalue weighted by Gasteiger charge is 2.05. The lowest BCUT2D eigenvalue weighted by Crippen LogP contribution is -1.80. The summed E-state index contributed by atoms with van der Waals surface area (Å²) in [6, 6.07) is 9.59. The first-order valence-electron chi connectivity index (χ1n) is 3.50. The zero-order valence-electron chi connectivity index (χ0n) is 7.89. The third-order valence-corrected chi connectivity index (χ3v) is 4.12. The highest BCUT2D eigenvalue weighted by molar-refractivity contribution is 7.50. The lowest BCUT2D eigenvalue weighted by molar-refractivity contribution is 0.624. The minimum atomic E-state index is -1.02. The van der Waals surface area contributed by atoms with E-state index >= 15 is 0 Å².